The number of fused-ring (bicyclic) bond motifs is 8. The maximum atomic E-state index is 2.86. The topological polar surface area (TPSA) is 13.0 Å². The van der Waals surface area contributed by atoms with E-state index in [0.29, 0.717) is 0 Å². The van der Waals surface area contributed by atoms with E-state index >= 15 is 0 Å². The third-order valence-corrected chi connectivity index (χ3v) is 19.2. The minimum absolute atomic E-state index is 0.0216. The van der Waals surface area contributed by atoms with E-state index in [1.165, 1.54) is 102 Å². The quantitative estimate of drug-likeness (QED) is 0.141. The van der Waals surface area contributed by atoms with Crippen LogP contribution in [-0.4, -0.2) is 6.71 Å². The molecule has 5 aliphatic rings. The van der Waals surface area contributed by atoms with Gasteiger partial charge in [-0.3, -0.25) is 0 Å². The molecule has 13 rings (SSSR count). The minimum Gasteiger partial charge on any atom is -0.314 e. The molecule has 2 aliphatic heterocycles. The fraction of sp³-hybridized carbons (Fsp3) is 0.342. The Morgan fingerprint density at radius 1 is 0.429 bits per heavy atom. The average molecular weight is 1100 g/mol. The molecule has 4 nitrogen and oxygen atoms in total. The monoisotopic (exact) mass is 1100 g/mol. The van der Waals surface area contributed by atoms with E-state index in [2.05, 4.69) is 279 Å². The predicted octanol–water partition coefficient (Wildman–Crippen LogP) is 20.9. The Kier molecular flexibility index (Phi) is 13.9. The molecule has 0 radical (unpaired) electrons. The number of allylic oxidation sites excluding steroid dienone is 4. The van der Waals surface area contributed by atoms with E-state index in [0.717, 1.165) is 85.4 Å². The summed E-state index contributed by atoms with van der Waals surface area (Å²) in [7, 11) is 0. The molecule has 8 aromatic rings. The SMILES string of the molecule is Cc1cccc(N(c2cccc(C)c2)c2cc3c4c(c2)N(c2cccc5c2CC(C)(C)C5)c2cc(N(c5ccc(C(C)(C)C)cc5)c5ccc(C(C)(C)C)cc5)ccc2B(CC4)c2ccc(C(C)(C)C)cc2N3C2=C3CCCCC3=CCC2)c1. The van der Waals surface area contributed by atoms with Crippen molar-refractivity contribution < 1.29 is 0 Å². The Balaban J connectivity index is 1.18. The smallest absolute Gasteiger partial charge is 0.215 e. The molecule has 0 unspecified atom stereocenters. The molecule has 0 amide bonds. The molecule has 1 saturated carbocycles. The number of rotatable bonds is 8. The van der Waals surface area contributed by atoms with Crippen LogP contribution in [0.5, 0.6) is 0 Å². The zero-order chi connectivity index (χ0) is 58.6. The van der Waals surface area contributed by atoms with Crippen LogP contribution in [0.2, 0.25) is 6.32 Å². The average Bonchev–Trinajstić information content (AvgIpc) is 0.907. The minimum atomic E-state index is -0.0659. The van der Waals surface area contributed by atoms with E-state index in [-0.39, 0.29) is 28.4 Å². The highest BCUT2D eigenvalue weighted by atomic mass is 15.2. The van der Waals surface area contributed by atoms with Crippen LogP contribution in [0.4, 0.5) is 62.6 Å². The molecule has 0 saturated heterocycles. The molecular weight excluding hydrogens is 1020 g/mol. The zero-order valence-corrected chi connectivity index (χ0v) is 52.6. The lowest BCUT2D eigenvalue weighted by molar-refractivity contribution is 0.393. The highest BCUT2D eigenvalue weighted by Gasteiger charge is 2.41. The highest BCUT2D eigenvalue weighted by Crippen LogP contribution is 2.55. The van der Waals surface area contributed by atoms with Crippen molar-refractivity contribution in [2.24, 2.45) is 5.41 Å². The summed E-state index contributed by atoms with van der Waals surface area (Å²) in [6, 6.07) is 64.8. The molecule has 2 heterocycles. The first-order chi connectivity index (χ1) is 40.1. The fourth-order valence-electron chi connectivity index (χ4n) is 14.8. The number of hydrogen-bond donors (Lipinski definition) is 0. The van der Waals surface area contributed by atoms with Gasteiger partial charge < -0.3 is 19.6 Å². The normalized spacial score (nSPS) is 16.4. The van der Waals surface area contributed by atoms with Gasteiger partial charge in [-0.05, 0) is 234 Å². The third-order valence-electron chi connectivity index (χ3n) is 19.2. The lowest BCUT2D eigenvalue weighted by atomic mass is 9.36. The summed E-state index contributed by atoms with van der Waals surface area (Å²) in [5.41, 5.74) is 31.8. The van der Waals surface area contributed by atoms with Gasteiger partial charge in [0.15, 0.2) is 0 Å². The van der Waals surface area contributed by atoms with E-state index < -0.39 is 0 Å². The number of nitrogens with zero attached hydrogens (tertiary/aromatic N) is 4. The summed E-state index contributed by atoms with van der Waals surface area (Å²) in [4.78, 5) is 10.7. The van der Waals surface area contributed by atoms with Gasteiger partial charge in [0.1, 0.15) is 0 Å². The maximum absolute atomic E-state index is 2.86. The first-order valence-electron chi connectivity index (χ1n) is 31.6. The van der Waals surface area contributed by atoms with E-state index in [1.54, 1.807) is 11.1 Å². The van der Waals surface area contributed by atoms with Gasteiger partial charge in [0, 0.05) is 51.2 Å². The van der Waals surface area contributed by atoms with E-state index in [1.807, 2.05) is 0 Å². The van der Waals surface area contributed by atoms with E-state index in [4.69, 9.17) is 0 Å². The molecule has 3 aliphatic carbocycles. The first kappa shape index (κ1) is 55.7. The standard InChI is InChI=1S/C79H87BN4/c1-52-20-16-25-61(44-52)82(62-26-17-21-53(2)45-62)64-48-72-66-42-43-80(68-40-34-58(78(9,10)11)46-74(68)83(72)70-28-18-23-54-22-14-15-27-65(54)70)69-41-39-63(47-75(69)84(73(66)49-64)71-29-19-24-55-50-79(12,13)51-67(55)71)81(59-35-30-56(31-36-59)76(3,4)5)60-37-32-57(33-38-60)77(6,7)8/h16-17,19-21,23-26,29-41,44-49H,14-15,18,22,27-28,42-43,50-51H2,1-13H3. The van der Waals surface area contributed by atoms with E-state index in [9.17, 15) is 0 Å². The molecule has 84 heavy (non-hydrogen) atoms. The van der Waals surface area contributed by atoms with Crippen molar-refractivity contribution >= 4 is 80.2 Å². The zero-order valence-electron chi connectivity index (χ0n) is 52.6. The Labute approximate surface area is 504 Å². The van der Waals surface area contributed by atoms with Gasteiger partial charge in [-0.2, -0.15) is 0 Å². The van der Waals surface area contributed by atoms with Gasteiger partial charge in [0.2, 0.25) is 6.71 Å². The first-order valence-corrected chi connectivity index (χ1v) is 31.6. The van der Waals surface area contributed by atoms with Gasteiger partial charge in [-0.25, -0.2) is 0 Å². The van der Waals surface area contributed by atoms with Crippen LogP contribution in [-0.2, 0) is 35.5 Å². The summed E-state index contributed by atoms with van der Waals surface area (Å²) >= 11 is 0. The van der Waals surface area contributed by atoms with Crippen molar-refractivity contribution in [3.8, 4) is 0 Å². The molecule has 0 spiro atoms. The molecule has 8 aromatic carbocycles. The molecule has 2 bridgehead atoms. The lowest BCUT2D eigenvalue weighted by Gasteiger charge is -2.44. The summed E-state index contributed by atoms with van der Waals surface area (Å²) in [6.45, 7) is 30.6. The Bertz CT molecular complexity index is 3820. The molecule has 0 aromatic heterocycles. The van der Waals surface area contributed by atoms with Crippen LogP contribution in [0, 0.1) is 19.3 Å². The molecule has 0 atom stereocenters. The van der Waals surface area contributed by atoms with Gasteiger partial charge >= 0.3 is 0 Å². The second-order valence-corrected chi connectivity index (χ2v) is 29.3. The van der Waals surface area contributed by atoms with Gasteiger partial charge in [-0.1, -0.05) is 178 Å². The second-order valence-electron chi connectivity index (χ2n) is 29.3. The Morgan fingerprint density at radius 2 is 0.940 bits per heavy atom. The van der Waals surface area contributed by atoms with Crippen LogP contribution < -0.4 is 30.5 Å². The van der Waals surface area contributed by atoms with Crippen molar-refractivity contribution in [3.63, 3.8) is 0 Å². The summed E-state index contributed by atoms with van der Waals surface area (Å²) in [5.74, 6) is 0. The molecule has 5 heteroatoms. The summed E-state index contributed by atoms with van der Waals surface area (Å²) < 4.78 is 0. The molecular formula is C79H87BN4. The number of hydrogen-bond acceptors (Lipinski definition) is 4. The summed E-state index contributed by atoms with van der Waals surface area (Å²) in [6.07, 6.45) is 13.4. The largest absolute Gasteiger partial charge is 0.314 e. The Hall–Kier alpha value is -7.50. The van der Waals surface area contributed by atoms with Crippen molar-refractivity contribution in [2.75, 3.05) is 19.6 Å². The maximum Gasteiger partial charge on any atom is 0.215 e. The van der Waals surface area contributed by atoms with Gasteiger partial charge in [0.25, 0.3) is 0 Å². The van der Waals surface area contributed by atoms with Gasteiger partial charge in [0.05, 0.1) is 17.1 Å². The predicted molar refractivity (Wildman–Crippen MR) is 362 cm³/mol. The van der Waals surface area contributed by atoms with Crippen molar-refractivity contribution in [3.05, 3.63) is 231 Å². The van der Waals surface area contributed by atoms with Gasteiger partial charge in [-0.15, -0.1) is 0 Å². The van der Waals surface area contributed by atoms with Crippen molar-refractivity contribution in [1.82, 2.24) is 0 Å². The number of benzene rings is 8. The van der Waals surface area contributed by atoms with Crippen LogP contribution in [0.15, 0.2) is 187 Å². The molecule has 426 valence electrons. The lowest BCUT2D eigenvalue weighted by Crippen LogP contribution is -2.49. The number of anilines is 11. The highest BCUT2D eigenvalue weighted by molar-refractivity contribution is 6.87. The molecule has 0 N–H and O–H groups in total. The Morgan fingerprint density at radius 3 is 1.55 bits per heavy atom. The number of aryl methyl sites for hydroxylation is 2. The van der Waals surface area contributed by atoms with Crippen LogP contribution >= 0.6 is 0 Å². The van der Waals surface area contributed by atoms with Crippen LogP contribution in [0.3, 0.4) is 0 Å². The second kappa shape index (κ2) is 20.9. The summed E-state index contributed by atoms with van der Waals surface area (Å²) in [5, 5.41) is 0. The van der Waals surface area contributed by atoms with Crippen LogP contribution in [0.1, 0.15) is 159 Å². The van der Waals surface area contributed by atoms with Crippen molar-refractivity contribution in [1.29, 1.82) is 0 Å². The third kappa shape index (κ3) is 10.2. The fourth-order valence-corrected chi connectivity index (χ4v) is 14.8. The van der Waals surface area contributed by atoms with Crippen molar-refractivity contribution in [2.45, 2.75) is 170 Å². The van der Waals surface area contributed by atoms with Crippen LogP contribution in [0.25, 0.3) is 0 Å². The molecule has 1 fully saturated rings.